The largest absolute Gasteiger partial charge is 0.462 e. The van der Waals surface area contributed by atoms with Crippen LogP contribution in [-0.4, -0.2) is 17.6 Å². The Bertz CT molecular complexity index is 410. The summed E-state index contributed by atoms with van der Waals surface area (Å²) in [6.07, 6.45) is -2.36. The molecule has 0 saturated carbocycles. The molecule has 0 fully saturated rings. The SMILES string of the molecule is CCOC(=O)c1c(C(F)F)cnc(N)c1F. The fourth-order valence-electron chi connectivity index (χ4n) is 1.09. The van der Waals surface area contributed by atoms with Crippen LogP contribution in [-0.2, 0) is 4.74 Å². The van der Waals surface area contributed by atoms with Gasteiger partial charge >= 0.3 is 5.97 Å². The monoisotopic (exact) mass is 234 g/mol. The minimum absolute atomic E-state index is 0.0524. The first-order valence-electron chi connectivity index (χ1n) is 4.38. The molecule has 1 heterocycles. The van der Waals surface area contributed by atoms with Crippen LogP contribution in [0.4, 0.5) is 19.0 Å². The molecule has 0 radical (unpaired) electrons. The van der Waals surface area contributed by atoms with Crippen LogP contribution in [0, 0.1) is 5.82 Å². The molecular weight excluding hydrogens is 225 g/mol. The van der Waals surface area contributed by atoms with Gasteiger partial charge in [-0.2, -0.15) is 0 Å². The quantitative estimate of drug-likeness (QED) is 0.811. The lowest BCUT2D eigenvalue weighted by molar-refractivity contribution is 0.0509. The molecule has 0 atom stereocenters. The van der Waals surface area contributed by atoms with Gasteiger partial charge in [0.2, 0.25) is 0 Å². The third-order valence-corrected chi connectivity index (χ3v) is 1.79. The molecule has 0 spiro atoms. The second-order valence-corrected chi connectivity index (χ2v) is 2.81. The molecule has 88 valence electrons. The predicted octanol–water partition coefficient (Wildman–Crippen LogP) is 1.92. The maximum Gasteiger partial charge on any atom is 0.341 e. The third-order valence-electron chi connectivity index (χ3n) is 1.79. The Morgan fingerprint density at radius 2 is 2.25 bits per heavy atom. The number of nitrogens with two attached hydrogens (primary N) is 1. The van der Waals surface area contributed by atoms with Crippen molar-refractivity contribution in [3.05, 3.63) is 23.1 Å². The zero-order valence-corrected chi connectivity index (χ0v) is 8.34. The number of rotatable bonds is 3. The number of nitrogens with zero attached hydrogens (tertiary/aromatic N) is 1. The first-order chi connectivity index (χ1) is 7.49. The Morgan fingerprint density at radius 3 is 2.75 bits per heavy atom. The van der Waals surface area contributed by atoms with Crippen LogP contribution in [0.25, 0.3) is 0 Å². The highest BCUT2D eigenvalue weighted by Gasteiger charge is 2.25. The second-order valence-electron chi connectivity index (χ2n) is 2.81. The maximum atomic E-state index is 13.4. The van der Waals surface area contributed by atoms with E-state index in [0.29, 0.717) is 6.20 Å². The van der Waals surface area contributed by atoms with Gasteiger partial charge in [0.05, 0.1) is 12.2 Å². The number of halogens is 3. The van der Waals surface area contributed by atoms with Crippen molar-refractivity contribution in [2.75, 3.05) is 12.3 Å². The first kappa shape index (κ1) is 12.3. The zero-order valence-electron chi connectivity index (χ0n) is 8.34. The number of pyridine rings is 1. The van der Waals surface area contributed by atoms with E-state index in [1.807, 2.05) is 0 Å². The Morgan fingerprint density at radius 1 is 1.62 bits per heavy atom. The average Bonchev–Trinajstić information content (AvgIpc) is 2.21. The van der Waals surface area contributed by atoms with Gasteiger partial charge in [0.15, 0.2) is 11.6 Å². The molecule has 0 saturated heterocycles. The highest BCUT2D eigenvalue weighted by molar-refractivity contribution is 5.92. The van der Waals surface area contributed by atoms with Crippen LogP contribution >= 0.6 is 0 Å². The minimum Gasteiger partial charge on any atom is -0.462 e. The Hall–Kier alpha value is -1.79. The highest BCUT2D eigenvalue weighted by atomic mass is 19.3. The van der Waals surface area contributed by atoms with Gasteiger partial charge < -0.3 is 10.5 Å². The van der Waals surface area contributed by atoms with E-state index in [0.717, 1.165) is 0 Å². The van der Waals surface area contributed by atoms with Gasteiger partial charge in [-0.25, -0.2) is 22.9 Å². The van der Waals surface area contributed by atoms with E-state index >= 15 is 0 Å². The number of aromatic nitrogens is 1. The molecule has 0 aliphatic heterocycles. The lowest BCUT2D eigenvalue weighted by atomic mass is 10.1. The number of alkyl halides is 2. The number of hydrogen-bond donors (Lipinski definition) is 1. The molecular formula is C9H9F3N2O2. The number of nitrogen functional groups attached to an aromatic ring is 1. The highest BCUT2D eigenvalue weighted by Crippen LogP contribution is 2.26. The van der Waals surface area contributed by atoms with Gasteiger partial charge in [-0.05, 0) is 6.92 Å². The van der Waals surface area contributed by atoms with Gasteiger partial charge in [0.25, 0.3) is 6.43 Å². The molecule has 0 unspecified atom stereocenters. The van der Waals surface area contributed by atoms with E-state index in [1.54, 1.807) is 0 Å². The van der Waals surface area contributed by atoms with E-state index < -0.39 is 35.2 Å². The number of ether oxygens (including phenoxy) is 1. The number of hydrogen-bond acceptors (Lipinski definition) is 4. The van der Waals surface area contributed by atoms with E-state index in [4.69, 9.17) is 5.73 Å². The smallest absolute Gasteiger partial charge is 0.341 e. The summed E-state index contributed by atoms with van der Waals surface area (Å²) in [4.78, 5) is 14.5. The molecule has 0 aromatic carbocycles. The molecule has 0 bridgehead atoms. The van der Waals surface area contributed by atoms with E-state index in [1.165, 1.54) is 6.92 Å². The van der Waals surface area contributed by atoms with Crippen molar-refractivity contribution >= 4 is 11.8 Å². The molecule has 0 aliphatic carbocycles. The van der Waals surface area contributed by atoms with Crippen molar-refractivity contribution in [1.82, 2.24) is 4.98 Å². The van der Waals surface area contributed by atoms with Crippen LogP contribution in [0.3, 0.4) is 0 Å². The van der Waals surface area contributed by atoms with Gasteiger partial charge in [-0.3, -0.25) is 0 Å². The predicted molar refractivity (Wildman–Crippen MR) is 49.5 cm³/mol. The second kappa shape index (κ2) is 4.82. The summed E-state index contributed by atoms with van der Waals surface area (Å²) in [6.45, 7) is 1.42. The van der Waals surface area contributed by atoms with Gasteiger partial charge in [-0.15, -0.1) is 0 Å². The van der Waals surface area contributed by atoms with Crippen molar-refractivity contribution in [3.63, 3.8) is 0 Å². The maximum absolute atomic E-state index is 13.4. The zero-order chi connectivity index (χ0) is 12.3. The number of anilines is 1. The summed E-state index contributed by atoms with van der Waals surface area (Å²) in [5.41, 5.74) is 3.40. The molecule has 1 aromatic heterocycles. The van der Waals surface area contributed by atoms with Crippen molar-refractivity contribution < 1.29 is 22.7 Å². The lowest BCUT2D eigenvalue weighted by Crippen LogP contribution is -2.14. The lowest BCUT2D eigenvalue weighted by Gasteiger charge is -2.09. The summed E-state index contributed by atoms with van der Waals surface area (Å²) in [5.74, 6) is -3.08. The molecule has 1 rings (SSSR count). The van der Waals surface area contributed by atoms with Crippen molar-refractivity contribution in [2.45, 2.75) is 13.3 Å². The van der Waals surface area contributed by atoms with Crippen LogP contribution in [0.1, 0.15) is 29.3 Å². The molecule has 4 nitrogen and oxygen atoms in total. The van der Waals surface area contributed by atoms with Crippen molar-refractivity contribution in [3.8, 4) is 0 Å². The topological polar surface area (TPSA) is 65.2 Å². The van der Waals surface area contributed by atoms with E-state index in [9.17, 15) is 18.0 Å². The standard InChI is InChI=1S/C9H9F3N2O2/c1-2-16-9(15)5-4(7(11)12)3-14-8(13)6(5)10/h3,7H,2H2,1H3,(H2,13,14). The molecule has 0 amide bonds. The number of carbonyl (C=O) groups is 1. The third kappa shape index (κ3) is 2.23. The van der Waals surface area contributed by atoms with Gasteiger partial charge in [0.1, 0.15) is 5.56 Å². The van der Waals surface area contributed by atoms with Crippen LogP contribution in [0.2, 0.25) is 0 Å². The Balaban J connectivity index is 3.31. The summed E-state index contributed by atoms with van der Waals surface area (Å²) in [7, 11) is 0. The molecule has 1 aromatic rings. The van der Waals surface area contributed by atoms with Crippen LogP contribution < -0.4 is 5.73 Å². The van der Waals surface area contributed by atoms with Crippen LogP contribution in [0.15, 0.2) is 6.20 Å². The van der Waals surface area contributed by atoms with Crippen molar-refractivity contribution in [2.24, 2.45) is 0 Å². The summed E-state index contributed by atoms with van der Waals surface area (Å²) >= 11 is 0. The van der Waals surface area contributed by atoms with E-state index in [-0.39, 0.29) is 6.61 Å². The minimum atomic E-state index is -3.03. The average molecular weight is 234 g/mol. The van der Waals surface area contributed by atoms with Crippen molar-refractivity contribution in [1.29, 1.82) is 0 Å². The van der Waals surface area contributed by atoms with Gasteiger partial charge in [0, 0.05) is 6.20 Å². The molecule has 16 heavy (non-hydrogen) atoms. The summed E-state index contributed by atoms with van der Waals surface area (Å²) < 4.78 is 42.8. The first-order valence-corrected chi connectivity index (χ1v) is 4.38. The number of esters is 1. The fourth-order valence-corrected chi connectivity index (χ4v) is 1.09. The molecule has 2 N–H and O–H groups in total. The Kier molecular flexibility index (Phi) is 3.70. The molecule has 0 aliphatic rings. The fraction of sp³-hybridized carbons (Fsp3) is 0.333. The van der Waals surface area contributed by atoms with Gasteiger partial charge in [-0.1, -0.05) is 0 Å². The van der Waals surface area contributed by atoms with Crippen LogP contribution in [0.5, 0.6) is 0 Å². The Labute approximate surface area is 89.2 Å². The summed E-state index contributed by atoms with van der Waals surface area (Å²) in [5, 5.41) is 0. The normalized spacial score (nSPS) is 10.6. The number of carbonyl (C=O) groups excluding carboxylic acids is 1. The summed E-state index contributed by atoms with van der Waals surface area (Å²) in [6, 6.07) is 0. The van der Waals surface area contributed by atoms with E-state index in [2.05, 4.69) is 9.72 Å². The molecule has 7 heteroatoms.